The SMILES string of the molecule is CN1c2c(ccc3ccccc23)C(C)(C)C12C=C(c1ccc(Br)cc1)C=C(c1ccccc1)C2C(=O)c1ccc(Br)cc1. The standard InChI is InChI=1S/C39H31Br2NO/c1-38(2)34-22-17-27-11-7-8-12-32(27)36(34)42(3)39(38)24-29(25-13-18-30(40)19-14-25)23-33(26-9-5-4-6-10-26)35(39)37(43)28-15-20-31(41)21-16-28/h4-24,35H,1-3H3. The Balaban J connectivity index is 1.57. The summed E-state index contributed by atoms with van der Waals surface area (Å²) in [6, 6.07) is 39.8. The highest BCUT2D eigenvalue weighted by Crippen LogP contribution is 2.61. The largest absolute Gasteiger partial charge is 0.363 e. The van der Waals surface area contributed by atoms with Crippen molar-refractivity contribution in [1.82, 2.24) is 0 Å². The lowest BCUT2D eigenvalue weighted by Crippen LogP contribution is -2.61. The highest BCUT2D eigenvalue weighted by Gasteiger charge is 2.62. The molecule has 0 saturated carbocycles. The maximum Gasteiger partial charge on any atom is 0.173 e. The van der Waals surface area contributed by atoms with E-state index in [1.807, 2.05) is 30.3 Å². The smallest absolute Gasteiger partial charge is 0.173 e. The molecule has 2 nitrogen and oxygen atoms in total. The zero-order valence-corrected chi connectivity index (χ0v) is 27.5. The van der Waals surface area contributed by atoms with Gasteiger partial charge in [-0.25, -0.2) is 0 Å². The summed E-state index contributed by atoms with van der Waals surface area (Å²) < 4.78 is 1.99. The third-order valence-corrected chi connectivity index (χ3v) is 10.6. The number of anilines is 1. The van der Waals surface area contributed by atoms with Crippen molar-refractivity contribution in [3.8, 4) is 0 Å². The van der Waals surface area contributed by atoms with Gasteiger partial charge in [0.05, 0.1) is 11.5 Å². The Labute approximate surface area is 270 Å². The van der Waals surface area contributed by atoms with Crippen LogP contribution in [0.4, 0.5) is 5.69 Å². The summed E-state index contributed by atoms with van der Waals surface area (Å²) in [7, 11) is 2.19. The van der Waals surface area contributed by atoms with Crippen molar-refractivity contribution < 1.29 is 4.79 Å². The minimum atomic E-state index is -0.702. The van der Waals surface area contributed by atoms with Crippen LogP contribution in [0, 0.1) is 5.92 Å². The van der Waals surface area contributed by atoms with E-state index < -0.39 is 16.9 Å². The first-order chi connectivity index (χ1) is 20.7. The van der Waals surface area contributed by atoms with E-state index in [1.165, 1.54) is 22.0 Å². The first-order valence-corrected chi connectivity index (χ1v) is 16.1. The monoisotopic (exact) mass is 687 g/mol. The van der Waals surface area contributed by atoms with Crippen molar-refractivity contribution in [2.75, 3.05) is 11.9 Å². The molecule has 0 fully saturated rings. The van der Waals surface area contributed by atoms with Crippen LogP contribution in [0.3, 0.4) is 0 Å². The quantitative estimate of drug-likeness (QED) is 0.175. The van der Waals surface area contributed by atoms with Gasteiger partial charge < -0.3 is 4.90 Å². The zero-order chi connectivity index (χ0) is 29.9. The van der Waals surface area contributed by atoms with Crippen molar-refractivity contribution in [2.45, 2.75) is 24.8 Å². The molecule has 43 heavy (non-hydrogen) atoms. The van der Waals surface area contributed by atoms with E-state index in [4.69, 9.17) is 0 Å². The van der Waals surface area contributed by atoms with Crippen molar-refractivity contribution in [3.63, 3.8) is 0 Å². The molecule has 1 spiro atoms. The molecule has 0 aromatic heterocycles. The number of allylic oxidation sites excluding steroid dienone is 2. The van der Waals surface area contributed by atoms with E-state index in [0.717, 1.165) is 31.2 Å². The van der Waals surface area contributed by atoms with E-state index in [9.17, 15) is 0 Å². The summed E-state index contributed by atoms with van der Waals surface area (Å²) in [5.41, 5.74) is 6.35. The summed E-state index contributed by atoms with van der Waals surface area (Å²) in [5, 5.41) is 2.40. The van der Waals surface area contributed by atoms with E-state index in [-0.39, 0.29) is 5.78 Å². The molecule has 2 aliphatic rings. The Morgan fingerprint density at radius 3 is 2.05 bits per heavy atom. The van der Waals surface area contributed by atoms with Gasteiger partial charge >= 0.3 is 0 Å². The second kappa shape index (κ2) is 10.5. The summed E-state index contributed by atoms with van der Waals surface area (Å²) in [6.07, 6.45) is 4.63. The predicted octanol–water partition coefficient (Wildman–Crippen LogP) is 10.5. The minimum absolute atomic E-state index is 0.116. The number of rotatable bonds is 4. The molecule has 1 heterocycles. The van der Waals surface area contributed by atoms with Crippen LogP contribution in [-0.2, 0) is 5.41 Å². The summed E-state index contributed by atoms with van der Waals surface area (Å²) >= 11 is 7.18. The molecule has 0 amide bonds. The van der Waals surface area contributed by atoms with Crippen LogP contribution in [0.2, 0.25) is 0 Å². The number of fused-ring (bicyclic) bond motifs is 3. The van der Waals surface area contributed by atoms with Gasteiger partial charge in [0.2, 0.25) is 0 Å². The molecule has 0 N–H and O–H groups in total. The average molecular weight is 689 g/mol. The lowest BCUT2D eigenvalue weighted by molar-refractivity contribution is 0.0885. The normalized spacial score (nSPS) is 20.6. The lowest BCUT2D eigenvalue weighted by Gasteiger charge is -2.52. The Kier molecular flexibility index (Phi) is 6.83. The van der Waals surface area contributed by atoms with Crippen LogP contribution >= 0.6 is 31.9 Å². The molecule has 0 radical (unpaired) electrons. The summed E-state index contributed by atoms with van der Waals surface area (Å²) in [5.74, 6) is -0.354. The van der Waals surface area contributed by atoms with Crippen molar-refractivity contribution in [2.24, 2.45) is 5.92 Å². The number of Topliss-reactive ketones (excluding diaryl/α,β-unsaturated/α-hetero) is 1. The first-order valence-electron chi connectivity index (χ1n) is 14.5. The van der Waals surface area contributed by atoms with Crippen LogP contribution in [0.15, 0.2) is 136 Å². The van der Waals surface area contributed by atoms with Crippen molar-refractivity contribution in [3.05, 3.63) is 159 Å². The van der Waals surface area contributed by atoms with E-state index >= 15 is 4.79 Å². The number of halogens is 2. The van der Waals surface area contributed by atoms with Gasteiger partial charge in [-0.15, -0.1) is 0 Å². The number of benzene rings is 5. The van der Waals surface area contributed by atoms with Gasteiger partial charge in [-0.2, -0.15) is 0 Å². The zero-order valence-electron chi connectivity index (χ0n) is 24.3. The number of carbonyl (C=O) groups excluding carboxylic acids is 1. The molecule has 0 saturated heterocycles. The Hall–Kier alpha value is -3.73. The molecule has 5 aromatic carbocycles. The molecule has 0 bridgehead atoms. The third kappa shape index (κ3) is 4.29. The van der Waals surface area contributed by atoms with Crippen molar-refractivity contribution in [1.29, 1.82) is 0 Å². The maximum atomic E-state index is 15.1. The Morgan fingerprint density at radius 2 is 1.35 bits per heavy atom. The molecule has 2 unspecified atom stereocenters. The second-order valence-corrected chi connectivity index (χ2v) is 13.9. The van der Waals surface area contributed by atoms with Gasteiger partial charge in [0.25, 0.3) is 0 Å². The Bertz CT molecular complexity index is 1940. The van der Waals surface area contributed by atoms with Crippen LogP contribution in [0.25, 0.3) is 21.9 Å². The molecule has 212 valence electrons. The van der Waals surface area contributed by atoms with Gasteiger partial charge in [0.1, 0.15) is 0 Å². The molecular weight excluding hydrogens is 658 g/mol. The Morgan fingerprint density at radius 1 is 0.721 bits per heavy atom. The minimum Gasteiger partial charge on any atom is -0.363 e. The topological polar surface area (TPSA) is 20.3 Å². The van der Waals surface area contributed by atoms with E-state index in [0.29, 0.717) is 5.56 Å². The number of likely N-dealkylation sites (N-methyl/N-ethyl adjacent to an activating group) is 1. The molecule has 1 aliphatic heterocycles. The highest BCUT2D eigenvalue weighted by molar-refractivity contribution is 9.10. The fraction of sp³-hybridized carbons (Fsp3) is 0.154. The predicted molar refractivity (Wildman–Crippen MR) is 187 cm³/mol. The average Bonchev–Trinajstić information content (AvgIpc) is 3.19. The number of ketones is 1. The summed E-state index contributed by atoms with van der Waals surface area (Å²) in [6.45, 7) is 4.63. The van der Waals surface area contributed by atoms with Crippen LogP contribution in [-0.4, -0.2) is 18.4 Å². The number of nitrogens with zero attached hydrogens (tertiary/aromatic N) is 1. The van der Waals surface area contributed by atoms with Crippen molar-refractivity contribution >= 4 is 65.2 Å². The van der Waals surface area contributed by atoms with Gasteiger partial charge in [-0.1, -0.05) is 137 Å². The molecule has 7 rings (SSSR count). The van der Waals surface area contributed by atoms with Gasteiger partial charge in [0, 0.05) is 38.0 Å². The maximum absolute atomic E-state index is 15.1. The fourth-order valence-corrected chi connectivity index (χ4v) is 7.96. The molecule has 5 aromatic rings. The van der Waals surface area contributed by atoms with E-state index in [1.54, 1.807) is 0 Å². The number of carbonyl (C=O) groups is 1. The summed E-state index contributed by atoms with van der Waals surface area (Å²) in [4.78, 5) is 17.5. The highest BCUT2D eigenvalue weighted by atomic mass is 79.9. The second-order valence-electron chi connectivity index (χ2n) is 12.1. The number of hydrogen-bond donors (Lipinski definition) is 0. The lowest BCUT2D eigenvalue weighted by atomic mass is 9.57. The van der Waals surface area contributed by atoms with Crippen LogP contribution in [0.5, 0.6) is 0 Å². The van der Waals surface area contributed by atoms with Crippen LogP contribution < -0.4 is 4.90 Å². The van der Waals surface area contributed by atoms with Gasteiger partial charge in [-0.05, 0) is 69.6 Å². The molecule has 2 atom stereocenters. The first kappa shape index (κ1) is 28.1. The number of hydrogen-bond acceptors (Lipinski definition) is 2. The van der Waals surface area contributed by atoms with Gasteiger partial charge in [0.15, 0.2) is 5.78 Å². The van der Waals surface area contributed by atoms with Crippen LogP contribution in [0.1, 0.15) is 40.9 Å². The van der Waals surface area contributed by atoms with Gasteiger partial charge in [-0.3, -0.25) is 4.79 Å². The van der Waals surface area contributed by atoms with E-state index in [2.05, 4.69) is 155 Å². The third-order valence-electron chi connectivity index (χ3n) is 9.58. The molecule has 1 aliphatic carbocycles. The molecule has 4 heteroatoms. The fourth-order valence-electron chi connectivity index (χ4n) is 7.43. The molecular formula is C39H31Br2NO.